The molecular formula is C65H70BN3. The van der Waals surface area contributed by atoms with Crippen LogP contribution >= 0.6 is 0 Å². The second kappa shape index (κ2) is 16.0. The Labute approximate surface area is 413 Å². The van der Waals surface area contributed by atoms with Gasteiger partial charge in [0.05, 0.1) is 11.2 Å². The molecule has 2 saturated carbocycles. The number of anilines is 7. The van der Waals surface area contributed by atoms with Gasteiger partial charge in [-0.1, -0.05) is 195 Å². The van der Waals surface area contributed by atoms with Crippen molar-refractivity contribution in [3.05, 3.63) is 191 Å². The Kier molecular flexibility index (Phi) is 10.3. The summed E-state index contributed by atoms with van der Waals surface area (Å²) >= 11 is 0. The van der Waals surface area contributed by atoms with E-state index >= 15 is 0 Å². The van der Waals surface area contributed by atoms with Gasteiger partial charge in [0.25, 0.3) is 6.71 Å². The normalized spacial score (nSPS) is 21.0. The lowest BCUT2D eigenvalue weighted by Crippen LogP contribution is -2.66. The summed E-state index contributed by atoms with van der Waals surface area (Å²) in [5.41, 5.74) is 21.8. The molecule has 12 rings (SSSR count). The summed E-state index contributed by atoms with van der Waals surface area (Å²) in [6, 6.07) is 61.1. The molecule has 0 aromatic heterocycles. The van der Waals surface area contributed by atoms with Crippen LogP contribution in [0, 0.1) is 0 Å². The molecule has 0 saturated heterocycles. The van der Waals surface area contributed by atoms with Crippen LogP contribution in [-0.4, -0.2) is 17.8 Å². The van der Waals surface area contributed by atoms with Gasteiger partial charge in [0.2, 0.25) is 0 Å². The smallest absolute Gasteiger partial charge is 0.252 e. The molecule has 3 heterocycles. The molecule has 2 aliphatic carbocycles. The zero-order valence-electron chi connectivity index (χ0n) is 42.5. The number of hydrogen-bond donors (Lipinski definition) is 0. The van der Waals surface area contributed by atoms with E-state index in [1.807, 2.05) is 0 Å². The third-order valence-electron chi connectivity index (χ3n) is 18.8. The predicted octanol–water partition coefficient (Wildman–Crippen LogP) is 15.1. The summed E-state index contributed by atoms with van der Waals surface area (Å²) in [7, 11) is 0. The van der Waals surface area contributed by atoms with Crippen LogP contribution in [0.2, 0.25) is 0 Å². The van der Waals surface area contributed by atoms with Gasteiger partial charge in [-0.2, -0.15) is 0 Å². The first-order valence-corrected chi connectivity index (χ1v) is 26.5. The highest BCUT2D eigenvalue weighted by atomic mass is 15.3. The van der Waals surface area contributed by atoms with E-state index in [2.05, 4.69) is 228 Å². The zero-order valence-corrected chi connectivity index (χ0v) is 42.5. The summed E-state index contributed by atoms with van der Waals surface area (Å²) < 4.78 is 0. The van der Waals surface area contributed by atoms with Crippen LogP contribution in [0.25, 0.3) is 0 Å². The number of nitrogens with zero attached hydrogens (tertiary/aromatic N) is 3. The van der Waals surface area contributed by atoms with Crippen molar-refractivity contribution in [1.29, 1.82) is 0 Å². The lowest BCUT2D eigenvalue weighted by Gasteiger charge is -2.55. The second-order valence-corrected chi connectivity index (χ2v) is 23.2. The molecule has 7 aromatic rings. The van der Waals surface area contributed by atoms with Crippen molar-refractivity contribution in [2.75, 3.05) is 14.7 Å². The van der Waals surface area contributed by atoms with Crippen molar-refractivity contribution in [3.63, 3.8) is 0 Å². The monoisotopic (exact) mass is 904 g/mol. The maximum Gasteiger partial charge on any atom is 0.252 e. The lowest BCUT2D eigenvalue weighted by atomic mass is 9.33. The minimum absolute atomic E-state index is 0.0216. The number of rotatable bonds is 9. The summed E-state index contributed by atoms with van der Waals surface area (Å²) in [5.74, 6) is 0. The van der Waals surface area contributed by atoms with Gasteiger partial charge in [0.1, 0.15) is 0 Å². The quantitative estimate of drug-likeness (QED) is 0.134. The van der Waals surface area contributed by atoms with E-state index in [1.165, 1.54) is 142 Å². The van der Waals surface area contributed by atoms with Gasteiger partial charge in [-0.3, -0.25) is 0 Å². The molecule has 5 aliphatic rings. The second-order valence-electron chi connectivity index (χ2n) is 23.2. The van der Waals surface area contributed by atoms with E-state index in [0.717, 1.165) is 6.42 Å². The van der Waals surface area contributed by atoms with Gasteiger partial charge in [0.15, 0.2) is 0 Å². The summed E-state index contributed by atoms with van der Waals surface area (Å²) in [6.45, 7) is 19.8. The molecule has 0 spiro atoms. The van der Waals surface area contributed by atoms with Crippen molar-refractivity contribution in [3.8, 4) is 0 Å². The maximum atomic E-state index is 2.92. The number of hydrogen-bond acceptors (Lipinski definition) is 3. The minimum atomic E-state index is -0.149. The average molecular weight is 904 g/mol. The van der Waals surface area contributed by atoms with Crippen LogP contribution in [0.15, 0.2) is 158 Å². The van der Waals surface area contributed by atoms with Gasteiger partial charge in [-0.05, 0) is 132 Å². The Morgan fingerprint density at radius 3 is 1.55 bits per heavy atom. The molecule has 7 aromatic carbocycles. The predicted molar refractivity (Wildman–Crippen MR) is 295 cm³/mol. The number of fused-ring (bicyclic) bond motifs is 7. The minimum Gasteiger partial charge on any atom is -0.336 e. The molecule has 3 nitrogen and oxygen atoms in total. The maximum absolute atomic E-state index is 2.92. The number of benzene rings is 7. The summed E-state index contributed by atoms with van der Waals surface area (Å²) in [5, 5.41) is 0. The highest BCUT2D eigenvalue weighted by Gasteiger charge is 2.61. The molecule has 3 aliphatic heterocycles. The molecule has 0 radical (unpaired) electrons. The van der Waals surface area contributed by atoms with Crippen LogP contribution in [0.4, 0.5) is 39.8 Å². The molecule has 0 amide bonds. The van der Waals surface area contributed by atoms with Crippen molar-refractivity contribution >= 4 is 62.9 Å². The van der Waals surface area contributed by atoms with E-state index in [1.54, 1.807) is 5.56 Å². The molecule has 0 bridgehead atoms. The standard InChI is InChI=1S/C65H70BN3/c1-9-45-23-21-29-54-59(45)68(63(6)39-17-12-18-40-63)56-43-52(44-57-58(56)66(54)55-30-22-28-53-60(55)69(57)65(8)42-20-19-41-64(53,65)7)67(50-35-31-48(32-36-50)61(2,3)46-24-13-10-14-25-46)51-37-33-49(34-38-51)62(4,5)47-26-15-11-16-27-47/h10-11,13-16,21-38,43-44H,9,12,17-20,39-42H2,1-8H3. The van der Waals surface area contributed by atoms with E-state index in [4.69, 9.17) is 0 Å². The lowest BCUT2D eigenvalue weighted by molar-refractivity contribution is 0.195. The Morgan fingerprint density at radius 1 is 0.493 bits per heavy atom. The molecule has 4 heteroatoms. The van der Waals surface area contributed by atoms with Crippen LogP contribution in [-0.2, 0) is 22.7 Å². The molecule has 348 valence electrons. The zero-order chi connectivity index (χ0) is 47.5. The molecule has 2 fully saturated rings. The van der Waals surface area contributed by atoms with Crippen molar-refractivity contribution in [2.24, 2.45) is 0 Å². The van der Waals surface area contributed by atoms with Crippen molar-refractivity contribution in [2.45, 2.75) is 147 Å². The van der Waals surface area contributed by atoms with Crippen LogP contribution in [0.5, 0.6) is 0 Å². The fourth-order valence-corrected chi connectivity index (χ4v) is 14.4. The highest BCUT2D eigenvalue weighted by molar-refractivity contribution is 7.00. The number of para-hydroxylation sites is 2. The molecular weight excluding hydrogens is 834 g/mol. The average Bonchev–Trinajstić information content (AvgIpc) is 3.59. The third kappa shape index (κ3) is 6.45. The molecule has 2 atom stereocenters. The highest BCUT2D eigenvalue weighted by Crippen LogP contribution is 2.62. The Bertz CT molecular complexity index is 2980. The summed E-state index contributed by atoms with van der Waals surface area (Å²) in [4.78, 5) is 8.43. The van der Waals surface area contributed by atoms with Gasteiger partial charge >= 0.3 is 0 Å². The van der Waals surface area contributed by atoms with E-state index in [9.17, 15) is 0 Å². The van der Waals surface area contributed by atoms with Gasteiger partial charge in [0, 0.05) is 55.9 Å². The first-order valence-electron chi connectivity index (χ1n) is 26.5. The fraction of sp³-hybridized carbons (Fsp3) is 0.354. The van der Waals surface area contributed by atoms with Gasteiger partial charge < -0.3 is 14.7 Å². The van der Waals surface area contributed by atoms with Gasteiger partial charge in [-0.15, -0.1) is 0 Å². The first kappa shape index (κ1) is 44.2. The molecule has 0 N–H and O–H groups in total. The van der Waals surface area contributed by atoms with E-state index in [0.29, 0.717) is 0 Å². The first-order chi connectivity index (χ1) is 33.3. The molecule has 2 unspecified atom stereocenters. The van der Waals surface area contributed by atoms with Crippen LogP contribution < -0.4 is 31.1 Å². The van der Waals surface area contributed by atoms with Crippen molar-refractivity contribution in [1.82, 2.24) is 0 Å². The third-order valence-corrected chi connectivity index (χ3v) is 18.8. The molecule has 69 heavy (non-hydrogen) atoms. The van der Waals surface area contributed by atoms with Gasteiger partial charge in [-0.25, -0.2) is 0 Å². The van der Waals surface area contributed by atoms with Crippen LogP contribution in [0.1, 0.15) is 147 Å². The van der Waals surface area contributed by atoms with E-state index in [-0.39, 0.29) is 34.0 Å². The Morgan fingerprint density at radius 2 is 0.986 bits per heavy atom. The fourth-order valence-electron chi connectivity index (χ4n) is 14.4. The Balaban J connectivity index is 1.13. The summed E-state index contributed by atoms with van der Waals surface area (Å²) in [6.07, 6.45) is 12.2. The van der Waals surface area contributed by atoms with E-state index < -0.39 is 0 Å². The largest absolute Gasteiger partial charge is 0.336 e. The topological polar surface area (TPSA) is 9.72 Å². The Hall–Kier alpha value is -6.00. The van der Waals surface area contributed by atoms with Crippen molar-refractivity contribution < 1.29 is 0 Å². The van der Waals surface area contributed by atoms with Crippen LogP contribution in [0.3, 0.4) is 0 Å². The SMILES string of the molecule is CCc1cccc2c1N(C1(C)CCCCC1)c1cc(N(c3ccc(C(C)(C)c4ccccc4)cc3)c3ccc(C(C)(C)c4ccccc4)cc3)cc3c1B2c1cccc2c1N3C1(C)CCCCC21C. The number of aryl methyl sites for hydroxylation is 1.